The van der Waals surface area contributed by atoms with E-state index in [-0.39, 0.29) is 19.1 Å². The van der Waals surface area contributed by atoms with Crippen LogP contribution in [0.25, 0.3) is 0 Å². The normalized spacial score (nSPS) is 19.3. The van der Waals surface area contributed by atoms with Gasteiger partial charge < -0.3 is 10.5 Å². The first-order chi connectivity index (χ1) is 10.3. The van der Waals surface area contributed by atoms with Gasteiger partial charge in [-0.3, -0.25) is 10.1 Å². The first-order valence-corrected chi connectivity index (χ1v) is 8.00. The van der Waals surface area contributed by atoms with Gasteiger partial charge >= 0.3 is 5.69 Å². The third-order valence-corrected chi connectivity index (χ3v) is 5.53. The molecular weight excluding hydrogens is 317 g/mol. The van der Waals surface area contributed by atoms with Crippen LogP contribution < -0.4 is 10.5 Å². The van der Waals surface area contributed by atoms with Crippen molar-refractivity contribution in [2.45, 2.75) is 23.8 Å². The molecule has 122 valence electrons. The summed E-state index contributed by atoms with van der Waals surface area (Å²) in [6.45, 7) is 0.394. The molecule has 0 bridgehead atoms. The molecule has 1 saturated heterocycles. The molecule has 1 heterocycles. The average molecular weight is 333 g/mol. The summed E-state index contributed by atoms with van der Waals surface area (Å²) in [5, 5.41) is 11.0. The fraction of sp³-hybridized carbons (Fsp3) is 0.500. The quantitative estimate of drug-likeness (QED) is 0.631. The third kappa shape index (κ3) is 2.76. The van der Waals surface area contributed by atoms with E-state index in [4.69, 9.17) is 5.73 Å². The van der Waals surface area contributed by atoms with Crippen molar-refractivity contribution in [3.8, 4) is 5.75 Å². The minimum absolute atomic E-state index is 0.139. The Morgan fingerprint density at radius 3 is 2.77 bits per heavy atom. The minimum atomic E-state index is -4.05. The van der Waals surface area contributed by atoms with Gasteiger partial charge in [-0.15, -0.1) is 0 Å². The predicted octanol–water partition coefficient (Wildman–Crippen LogP) is 0.854. The summed E-state index contributed by atoms with van der Waals surface area (Å²) in [5.74, 6) is -1.69. The lowest BCUT2D eigenvalue weighted by Gasteiger charge is -2.22. The lowest BCUT2D eigenvalue weighted by molar-refractivity contribution is -0.386. The van der Waals surface area contributed by atoms with Crippen LogP contribution in [-0.4, -0.2) is 43.9 Å². The number of hydrogen-bond donors (Lipinski definition) is 1. The summed E-state index contributed by atoms with van der Waals surface area (Å²) in [6, 6.07) is 1.16. The first kappa shape index (κ1) is 16.6. The van der Waals surface area contributed by atoms with Crippen LogP contribution in [0.2, 0.25) is 0 Å². The summed E-state index contributed by atoms with van der Waals surface area (Å²) in [4.78, 5) is 9.63. The lowest BCUT2D eigenvalue weighted by atomic mass is 10.2. The molecule has 22 heavy (non-hydrogen) atoms. The van der Waals surface area contributed by atoms with E-state index in [2.05, 4.69) is 4.74 Å². The van der Waals surface area contributed by atoms with Gasteiger partial charge in [0.25, 0.3) is 0 Å². The number of nitro groups is 1. The fourth-order valence-corrected chi connectivity index (χ4v) is 4.28. The standard InChI is InChI=1S/C12H16FN3O5S/c1-21-12-10(13)5-9(6-11(12)16(17)18)22(19,20)15-4-2-3-8(15)7-14/h5-6,8H,2-4,7,14H2,1H3. The van der Waals surface area contributed by atoms with Crippen molar-refractivity contribution in [3.63, 3.8) is 0 Å². The second-order valence-electron chi connectivity index (χ2n) is 4.86. The fourth-order valence-electron chi connectivity index (χ4n) is 2.54. The van der Waals surface area contributed by atoms with E-state index in [1.807, 2.05) is 0 Å². The summed E-state index contributed by atoms with van der Waals surface area (Å²) < 4.78 is 44.9. The van der Waals surface area contributed by atoms with Crippen LogP contribution in [0.5, 0.6) is 5.75 Å². The highest BCUT2D eigenvalue weighted by molar-refractivity contribution is 7.89. The van der Waals surface area contributed by atoms with Gasteiger partial charge in [0, 0.05) is 25.2 Å². The number of nitrogens with zero attached hydrogens (tertiary/aromatic N) is 2. The molecule has 1 aliphatic rings. The summed E-state index contributed by atoms with van der Waals surface area (Å²) in [5.41, 5.74) is 4.81. The van der Waals surface area contributed by atoms with E-state index >= 15 is 0 Å². The van der Waals surface area contributed by atoms with Crippen LogP contribution in [0.15, 0.2) is 17.0 Å². The molecule has 1 aromatic rings. The Balaban J connectivity index is 2.54. The molecule has 1 fully saturated rings. The zero-order chi connectivity index (χ0) is 16.5. The molecule has 1 aliphatic heterocycles. The van der Waals surface area contributed by atoms with E-state index < -0.39 is 37.1 Å². The molecule has 2 N–H and O–H groups in total. The number of sulfonamides is 1. The van der Waals surface area contributed by atoms with Crippen LogP contribution in [0.4, 0.5) is 10.1 Å². The van der Waals surface area contributed by atoms with Crippen molar-refractivity contribution in [2.75, 3.05) is 20.2 Å². The number of hydrogen-bond acceptors (Lipinski definition) is 6. The van der Waals surface area contributed by atoms with Crippen LogP contribution in [0.3, 0.4) is 0 Å². The zero-order valence-electron chi connectivity index (χ0n) is 11.9. The highest BCUT2D eigenvalue weighted by Crippen LogP contribution is 2.35. The number of ether oxygens (including phenoxy) is 1. The Labute approximate surface area is 126 Å². The Morgan fingerprint density at radius 2 is 2.23 bits per heavy atom. The molecule has 0 spiro atoms. The van der Waals surface area contributed by atoms with E-state index in [0.717, 1.165) is 23.5 Å². The van der Waals surface area contributed by atoms with E-state index in [9.17, 15) is 22.9 Å². The summed E-state index contributed by atoms with van der Waals surface area (Å²) >= 11 is 0. The first-order valence-electron chi connectivity index (χ1n) is 6.56. The zero-order valence-corrected chi connectivity index (χ0v) is 12.7. The highest BCUT2D eigenvalue weighted by atomic mass is 32.2. The van der Waals surface area contributed by atoms with Crippen molar-refractivity contribution < 1.29 is 22.5 Å². The van der Waals surface area contributed by atoms with Crippen molar-refractivity contribution in [2.24, 2.45) is 5.73 Å². The maximum absolute atomic E-state index is 13.9. The maximum Gasteiger partial charge on any atom is 0.315 e. The maximum atomic E-state index is 13.9. The van der Waals surface area contributed by atoms with E-state index in [0.29, 0.717) is 12.8 Å². The van der Waals surface area contributed by atoms with Crippen LogP contribution >= 0.6 is 0 Å². The molecular formula is C12H16FN3O5S. The van der Waals surface area contributed by atoms with E-state index in [1.54, 1.807) is 0 Å². The van der Waals surface area contributed by atoms with Crippen molar-refractivity contribution in [3.05, 3.63) is 28.1 Å². The summed E-state index contributed by atoms with van der Waals surface area (Å²) in [6.07, 6.45) is 1.25. The third-order valence-electron chi connectivity index (χ3n) is 3.60. The molecule has 0 aromatic heterocycles. The van der Waals surface area contributed by atoms with Crippen LogP contribution in [0, 0.1) is 15.9 Å². The SMILES string of the molecule is COc1c(F)cc(S(=O)(=O)N2CCCC2CN)cc1[N+](=O)[O-]. The number of nitro benzene ring substituents is 1. The van der Waals surface area contributed by atoms with E-state index in [1.165, 1.54) is 0 Å². The smallest absolute Gasteiger partial charge is 0.315 e. The Bertz CT molecular complexity index is 694. The van der Waals surface area contributed by atoms with Gasteiger partial charge in [-0.1, -0.05) is 0 Å². The topological polar surface area (TPSA) is 116 Å². The second-order valence-corrected chi connectivity index (χ2v) is 6.75. The van der Waals surface area contributed by atoms with Crippen molar-refractivity contribution in [1.82, 2.24) is 4.31 Å². The molecule has 10 heteroatoms. The molecule has 1 unspecified atom stereocenters. The second kappa shape index (κ2) is 6.15. The number of nitrogens with two attached hydrogens (primary N) is 1. The van der Waals surface area contributed by atoms with Crippen molar-refractivity contribution >= 4 is 15.7 Å². The van der Waals surface area contributed by atoms with Gasteiger partial charge in [0.1, 0.15) is 0 Å². The molecule has 2 rings (SSSR count). The molecule has 0 aliphatic carbocycles. The monoisotopic (exact) mass is 333 g/mol. The van der Waals surface area contributed by atoms with Gasteiger partial charge in [-0.25, -0.2) is 12.8 Å². The predicted molar refractivity (Wildman–Crippen MR) is 75.6 cm³/mol. The van der Waals surface area contributed by atoms with Crippen LogP contribution in [0.1, 0.15) is 12.8 Å². The average Bonchev–Trinajstić information content (AvgIpc) is 2.95. The van der Waals surface area contributed by atoms with Gasteiger partial charge in [0.2, 0.25) is 15.8 Å². The molecule has 1 aromatic carbocycles. The van der Waals surface area contributed by atoms with Gasteiger partial charge in [-0.2, -0.15) is 4.31 Å². The molecule has 0 radical (unpaired) electrons. The van der Waals surface area contributed by atoms with Gasteiger partial charge in [-0.05, 0) is 18.9 Å². The number of methoxy groups -OCH3 is 1. The Morgan fingerprint density at radius 1 is 1.55 bits per heavy atom. The van der Waals surface area contributed by atoms with Crippen molar-refractivity contribution in [1.29, 1.82) is 0 Å². The molecule has 1 atom stereocenters. The lowest BCUT2D eigenvalue weighted by Crippen LogP contribution is -2.39. The molecule has 0 saturated carbocycles. The largest absolute Gasteiger partial charge is 0.488 e. The highest BCUT2D eigenvalue weighted by Gasteiger charge is 2.36. The summed E-state index contributed by atoms with van der Waals surface area (Å²) in [7, 11) is -2.98. The number of rotatable bonds is 5. The Hall–Kier alpha value is -1.78. The van der Waals surface area contributed by atoms with Gasteiger partial charge in [0.05, 0.1) is 16.9 Å². The molecule has 8 nitrogen and oxygen atoms in total. The van der Waals surface area contributed by atoms with Crippen LogP contribution in [-0.2, 0) is 10.0 Å². The minimum Gasteiger partial charge on any atom is -0.488 e. The Kier molecular flexibility index (Phi) is 4.63. The number of halogens is 1. The van der Waals surface area contributed by atoms with Gasteiger partial charge in [0.15, 0.2) is 5.82 Å². The molecule has 0 amide bonds. The number of benzene rings is 1.